The molecular weight excluding hydrogens is 347 g/mol. The van der Waals surface area contributed by atoms with Crippen LogP contribution in [0.15, 0.2) is 48.5 Å². The van der Waals surface area contributed by atoms with E-state index in [-0.39, 0.29) is 24.4 Å². The molecule has 0 aromatic heterocycles. The summed E-state index contributed by atoms with van der Waals surface area (Å²) in [5, 5.41) is 3.54. The fourth-order valence-electron chi connectivity index (χ4n) is 2.35. The minimum Gasteiger partial charge on any atom is -0.399 e. The minimum atomic E-state index is -0.223. The van der Waals surface area contributed by atoms with Gasteiger partial charge in [0.05, 0.1) is 6.10 Å². The highest BCUT2D eigenvalue weighted by Gasteiger charge is 2.12. The molecule has 0 saturated carbocycles. The number of para-hydroxylation sites is 1. The molecule has 3 N–H and O–H groups in total. The number of nitrogens with two attached hydrogens (primary N) is 1. The van der Waals surface area contributed by atoms with Crippen LogP contribution in [0, 0.1) is 0 Å². The third-order valence-corrected chi connectivity index (χ3v) is 3.90. The smallest absolute Gasteiger partial charge is 0.220 e. The molecule has 0 aliphatic rings. The van der Waals surface area contributed by atoms with E-state index in [1.807, 2.05) is 42.5 Å². The monoisotopic (exact) mass is 368 g/mol. The van der Waals surface area contributed by atoms with Crippen LogP contribution in [0.25, 0.3) is 0 Å². The van der Waals surface area contributed by atoms with Gasteiger partial charge in [-0.05, 0) is 35.7 Å². The number of methoxy groups -OCH3 is 1. The highest BCUT2D eigenvalue weighted by Crippen LogP contribution is 2.20. The Morgan fingerprint density at radius 2 is 2.00 bits per heavy atom. The van der Waals surface area contributed by atoms with Gasteiger partial charge >= 0.3 is 0 Å². The zero-order valence-corrected chi connectivity index (χ0v) is 15.1. The molecule has 2 aromatic carbocycles. The van der Waals surface area contributed by atoms with E-state index in [0.29, 0.717) is 30.1 Å². The number of halogens is 2. The Bertz CT molecular complexity index is 665. The van der Waals surface area contributed by atoms with Gasteiger partial charge in [0.25, 0.3) is 0 Å². The number of hydrogen-bond donors (Lipinski definition) is 2. The third-order valence-electron chi connectivity index (χ3n) is 3.67. The average Bonchev–Trinajstić information content (AvgIpc) is 2.55. The van der Waals surface area contributed by atoms with E-state index in [1.54, 1.807) is 13.2 Å². The summed E-state index contributed by atoms with van der Waals surface area (Å²) in [7, 11) is 1.61. The Kier molecular flexibility index (Phi) is 8.61. The number of aryl methyl sites for hydroxylation is 1. The van der Waals surface area contributed by atoms with Crippen LogP contribution in [-0.2, 0) is 16.0 Å². The van der Waals surface area contributed by atoms with Crippen molar-refractivity contribution in [3.05, 3.63) is 64.7 Å². The predicted molar refractivity (Wildman–Crippen MR) is 101 cm³/mol. The summed E-state index contributed by atoms with van der Waals surface area (Å²) in [6, 6.07) is 15.0. The van der Waals surface area contributed by atoms with Crippen LogP contribution in [0.3, 0.4) is 0 Å². The molecule has 24 heavy (non-hydrogen) atoms. The Hall–Kier alpha value is -1.75. The van der Waals surface area contributed by atoms with Gasteiger partial charge < -0.3 is 15.8 Å². The first-order chi connectivity index (χ1) is 11.1. The fourth-order valence-corrected chi connectivity index (χ4v) is 2.55. The van der Waals surface area contributed by atoms with Gasteiger partial charge in [-0.3, -0.25) is 4.79 Å². The number of carbonyl (C=O) groups is 1. The minimum absolute atomic E-state index is 0. The molecule has 0 aliphatic carbocycles. The summed E-state index contributed by atoms with van der Waals surface area (Å²) >= 11 is 5.99. The zero-order chi connectivity index (χ0) is 16.7. The van der Waals surface area contributed by atoms with E-state index < -0.39 is 0 Å². The van der Waals surface area contributed by atoms with Crippen molar-refractivity contribution < 1.29 is 9.53 Å². The number of hydrogen-bond acceptors (Lipinski definition) is 3. The number of benzene rings is 2. The lowest BCUT2D eigenvalue weighted by atomic mass is 10.1. The lowest BCUT2D eigenvalue weighted by Crippen LogP contribution is -2.29. The largest absolute Gasteiger partial charge is 0.399 e. The molecule has 4 nitrogen and oxygen atoms in total. The van der Waals surface area contributed by atoms with E-state index in [2.05, 4.69) is 5.32 Å². The summed E-state index contributed by atoms with van der Waals surface area (Å²) in [5.74, 6) is -0.0302. The average molecular weight is 369 g/mol. The number of nitrogens with one attached hydrogen (secondary N) is 1. The van der Waals surface area contributed by atoms with Gasteiger partial charge in [-0.15, -0.1) is 12.4 Å². The van der Waals surface area contributed by atoms with Gasteiger partial charge in [-0.2, -0.15) is 0 Å². The molecule has 2 rings (SSSR count). The van der Waals surface area contributed by atoms with Gasteiger partial charge in [0.1, 0.15) is 0 Å². The molecule has 1 unspecified atom stereocenters. The summed E-state index contributed by atoms with van der Waals surface area (Å²) in [6.45, 7) is 0.403. The maximum atomic E-state index is 12.0. The highest BCUT2D eigenvalue weighted by atomic mass is 35.5. The lowest BCUT2D eigenvalue weighted by Gasteiger charge is -2.17. The standard InChI is InChI=1S/C18H21ClN2O2.ClH/c1-23-17(14-6-4-7-15(19)11-14)12-21-18(22)10-9-13-5-2-3-8-16(13)20;/h2-8,11,17H,9-10,12,20H2,1H3,(H,21,22);1H. The van der Waals surface area contributed by atoms with Crippen LogP contribution < -0.4 is 11.1 Å². The van der Waals surface area contributed by atoms with Crippen molar-refractivity contribution in [1.29, 1.82) is 0 Å². The maximum Gasteiger partial charge on any atom is 0.220 e. The second-order valence-electron chi connectivity index (χ2n) is 5.28. The van der Waals surface area contributed by atoms with E-state index >= 15 is 0 Å². The highest BCUT2D eigenvalue weighted by molar-refractivity contribution is 6.30. The molecule has 0 bridgehead atoms. The molecule has 0 saturated heterocycles. The summed E-state index contributed by atoms with van der Waals surface area (Å²) in [5.41, 5.74) is 8.52. The summed E-state index contributed by atoms with van der Waals surface area (Å²) < 4.78 is 5.43. The first-order valence-electron chi connectivity index (χ1n) is 7.48. The van der Waals surface area contributed by atoms with Crippen molar-refractivity contribution in [2.24, 2.45) is 0 Å². The Morgan fingerprint density at radius 3 is 2.67 bits per heavy atom. The van der Waals surface area contributed by atoms with Crippen molar-refractivity contribution in [2.75, 3.05) is 19.4 Å². The van der Waals surface area contributed by atoms with Gasteiger partial charge in [-0.1, -0.05) is 41.9 Å². The summed E-state index contributed by atoms with van der Waals surface area (Å²) in [4.78, 5) is 12.0. The molecule has 1 atom stereocenters. The van der Waals surface area contributed by atoms with Crippen molar-refractivity contribution in [2.45, 2.75) is 18.9 Å². The zero-order valence-electron chi connectivity index (χ0n) is 13.5. The van der Waals surface area contributed by atoms with Crippen LogP contribution >= 0.6 is 24.0 Å². The van der Waals surface area contributed by atoms with Crippen LogP contribution in [-0.4, -0.2) is 19.6 Å². The molecule has 0 fully saturated rings. The van der Waals surface area contributed by atoms with Gasteiger partial charge in [0.2, 0.25) is 5.91 Å². The number of nitrogen functional groups attached to an aromatic ring is 1. The van der Waals surface area contributed by atoms with E-state index in [4.69, 9.17) is 22.1 Å². The molecule has 1 amide bonds. The molecule has 6 heteroatoms. The molecule has 0 spiro atoms. The van der Waals surface area contributed by atoms with Gasteiger partial charge in [0, 0.05) is 30.8 Å². The fraction of sp³-hybridized carbons (Fsp3) is 0.278. The number of anilines is 1. The maximum absolute atomic E-state index is 12.0. The van der Waals surface area contributed by atoms with E-state index in [0.717, 1.165) is 11.1 Å². The van der Waals surface area contributed by atoms with Crippen LogP contribution in [0.2, 0.25) is 5.02 Å². The molecule has 0 radical (unpaired) electrons. The molecule has 130 valence electrons. The van der Waals surface area contributed by atoms with Gasteiger partial charge in [-0.25, -0.2) is 0 Å². The number of amides is 1. The van der Waals surface area contributed by atoms with Crippen molar-refractivity contribution >= 4 is 35.6 Å². The molecule has 0 aliphatic heterocycles. The number of carbonyl (C=O) groups excluding carboxylic acids is 1. The van der Waals surface area contributed by atoms with E-state index in [9.17, 15) is 4.79 Å². The number of ether oxygens (including phenoxy) is 1. The topological polar surface area (TPSA) is 64.3 Å². The predicted octanol–water partition coefficient (Wildman–Crippen LogP) is 3.78. The SMILES string of the molecule is COC(CNC(=O)CCc1ccccc1N)c1cccc(Cl)c1.Cl. The van der Waals surface area contributed by atoms with Crippen molar-refractivity contribution in [3.63, 3.8) is 0 Å². The Balaban J connectivity index is 0.00000288. The van der Waals surface area contributed by atoms with Gasteiger partial charge in [0.15, 0.2) is 0 Å². The molecule has 0 heterocycles. The van der Waals surface area contributed by atoms with Crippen molar-refractivity contribution in [1.82, 2.24) is 5.32 Å². The molecular formula is C18H22Cl2N2O2. The Labute approximate surface area is 153 Å². The lowest BCUT2D eigenvalue weighted by molar-refractivity contribution is -0.121. The van der Waals surface area contributed by atoms with Crippen molar-refractivity contribution in [3.8, 4) is 0 Å². The van der Waals surface area contributed by atoms with Crippen LogP contribution in [0.4, 0.5) is 5.69 Å². The number of rotatable bonds is 7. The quantitative estimate of drug-likeness (QED) is 0.730. The first kappa shape index (κ1) is 20.3. The second-order valence-corrected chi connectivity index (χ2v) is 5.72. The first-order valence-corrected chi connectivity index (χ1v) is 7.86. The van der Waals surface area contributed by atoms with Crippen LogP contribution in [0.1, 0.15) is 23.7 Å². The summed E-state index contributed by atoms with van der Waals surface area (Å²) in [6.07, 6.45) is 0.785. The Morgan fingerprint density at radius 1 is 1.25 bits per heavy atom. The second kappa shape index (κ2) is 10.2. The molecule has 2 aromatic rings. The van der Waals surface area contributed by atoms with E-state index in [1.165, 1.54) is 0 Å². The third kappa shape index (κ3) is 6.04. The normalized spacial score (nSPS) is 11.4. The van der Waals surface area contributed by atoms with Crippen LogP contribution in [0.5, 0.6) is 0 Å².